The van der Waals surface area contributed by atoms with E-state index >= 15 is 0 Å². The van der Waals surface area contributed by atoms with Gasteiger partial charge in [-0.2, -0.15) is 0 Å². The number of piperidine rings is 1. The lowest BCUT2D eigenvalue weighted by atomic mass is 9.99. The Labute approximate surface area is 135 Å². The lowest BCUT2D eigenvalue weighted by Gasteiger charge is -2.35. The van der Waals surface area contributed by atoms with E-state index in [-0.39, 0.29) is 12.6 Å². The van der Waals surface area contributed by atoms with Gasteiger partial charge < -0.3 is 15.3 Å². The van der Waals surface area contributed by atoms with Crippen LogP contribution >= 0.6 is 11.6 Å². The highest BCUT2D eigenvalue weighted by molar-refractivity contribution is 6.39. The van der Waals surface area contributed by atoms with Crippen LogP contribution in [0.3, 0.4) is 0 Å². The Hall–Kier alpha value is -1.59. The first-order valence-electron chi connectivity index (χ1n) is 7.52. The predicted molar refractivity (Wildman–Crippen MR) is 85.9 cm³/mol. The van der Waals surface area contributed by atoms with E-state index in [9.17, 15) is 9.59 Å². The molecule has 120 valence electrons. The number of anilines is 1. The summed E-state index contributed by atoms with van der Waals surface area (Å²) in [5.41, 5.74) is 1.41. The second-order valence-electron chi connectivity index (χ2n) is 5.58. The van der Waals surface area contributed by atoms with Gasteiger partial charge >= 0.3 is 11.8 Å². The van der Waals surface area contributed by atoms with Gasteiger partial charge in [0.05, 0.1) is 0 Å². The number of likely N-dealkylation sites (tertiary alicyclic amines) is 1. The Morgan fingerprint density at radius 2 is 2.18 bits per heavy atom. The fourth-order valence-corrected chi connectivity index (χ4v) is 2.88. The van der Waals surface area contributed by atoms with Gasteiger partial charge in [-0.15, -0.1) is 0 Å². The van der Waals surface area contributed by atoms with E-state index in [1.54, 1.807) is 23.1 Å². The van der Waals surface area contributed by atoms with Gasteiger partial charge in [0.25, 0.3) is 0 Å². The van der Waals surface area contributed by atoms with Crippen LogP contribution < -0.4 is 5.32 Å². The number of aliphatic hydroxyl groups is 1. The van der Waals surface area contributed by atoms with Crippen LogP contribution in [0.5, 0.6) is 0 Å². The number of aliphatic hydroxyl groups excluding tert-OH is 1. The van der Waals surface area contributed by atoms with Crippen molar-refractivity contribution in [3.63, 3.8) is 0 Å². The van der Waals surface area contributed by atoms with Crippen LogP contribution in [0.2, 0.25) is 5.02 Å². The Morgan fingerprint density at radius 1 is 1.41 bits per heavy atom. The van der Waals surface area contributed by atoms with Gasteiger partial charge in [-0.3, -0.25) is 9.59 Å². The molecular weight excluding hydrogens is 304 g/mol. The number of nitrogens with one attached hydrogen (secondary N) is 1. The van der Waals surface area contributed by atoms with Crippen LogP contribution in [0.25, 0.3) is 0 Å². The number of amides is 2. The first-order valence-corrected chi connectivity index (χ1v) is 7.89. The number of carbonyl (C=O) groups excluding carboxylic acids is 2. The maximum Gasteiger partial charge on any atom is 0.313 e. The third-order valence-electron chi connectivity index (χ3n) is 3.97. The van der Waals surface area contributed by atoms with Crippen molar-refractivity contribution in [2.75, 3.05) is 18.5 Å². The van der Waals surface area contributed by atoms with Crippen LogP contribution in [0, 0.1) is 6.92 Å². The van der Waals surface area contributed by atoms with Crippen LogP contribution in [0.4, 0.5) is 5.69 Å². The molecule has 1 aromatic carbocycles. The number of rotatable bonds is 3. The Kier molecular flexibility index (Phi) is 5.80. The van der Waals surface area contributed by atoms with E-state index in [0.717, 1.165) is 24.8 Å². The number of benzene rings is 1. The summed E-state index contributed by atoms with van der Waals surface area (Å²) >= 11 is 6.02. The fraction of sp³-hybridized carbons (Fsp3) is 0.500. The van der Waals surface area contributed by atoms with E-state index in [4.69, 9.17) is 16.7 Å². The van der Waals surface area contributed by atoms with Crippen LogP contribution in [-0.4, -0.2) is 41.0 Å². The number of halogens is 1. The lowest BCUT2D eigenvalue weighted by molar-refractivity contribution is -0.146. The number of hydrogen-bond donors (Lipinski definition) is 2. The molecule has 0 aliphatic carbocycles. The van der Waals surface area contributed by atoms with Gasteiger partial charge in [0.1, 0.15) is 0 Å². The van der Waals surface area contributed by atoms with E-state index in [2.05, 4.69) is 5.32 Å². The molecule has 1 fully saturated rings. The first kappa shape index (κ1) is 16.8. The summed E-state index contributed by atoms with van der Waals surface area (Å²) in [5.74, 6) is -1.21. The van der Waals surface area contributed by atoms with Gasteiger partial charge in [-0.05, 0) is 50.3 Å². The number of nitrogens with zero attached hydrogens (tertiary/aromatic N) is 1. The molecule has 2 N–H and O–H groups in total. The zero-order valence-corrected chi connectivity index (χ0v) is 13.4. The fourth-order valence-electron chi connectivity index (χ4n) is 2.70. The zero-order valence-electron chi connectivity index (χ0n) is 12.6. The Bertz CT molecular complexity index is 560. The molecule has 0 aromatic heterocycles. The molecule has 0 spiro atoms. The molecule has 2 rings (SSSR count). The van der Waals surface area contributed by atoms with Gasteiger partial charge in [-0.25, -0.2) is 0 Å². The van der Waals surface area contributed by atoms with Crippen molar-refractivity contribution in [1.29, 1.82) is 0 Å². The quantitative estimate of drug-likeness (QED) is 0.839. The molecule has 5 nitrogen and oxygen atoms in total. The summed E-state index contributed by atoms with van der Waals surface area (Å²) in [7, 11) is 0. The maximum atomic E-state index is 12.3. The summed E-state index contributed by atoms with van der Waals surface area (Å²) < 4.78 is 0. The molecule has 0 radical (unpaired) electrons. The first-order chi connectivity index (χ1) is 10.5. The van der Waals surface area contributed by atoms with Gasteiger partial charge in [0.2, 0.25) is 0 Å². The van der Waals surface area contributed by atoms with Gasteiger partial charge in [-0.1, -0.05) is 17.7 Å². The summed E-state index contributed by atoms with van der Waals surface area (Å²) in [4.78, 5) is 26.1. The molecule has 1 saturated heterocycles. The molecular formula is C16H21ClN2O3. The molecule has 2 amide bonds. The standard InChI is InChI=1S/C16H21ClN2O3/c1-11-5-6-12(10-14(11)17)18-15(21)16(22)19-8-3-2-4-13(19)7-9-20/h5-6,10,13,20H,2-4,7-9H2,1H3,(H,18,21). The predicted octanol–water partition coefficient (Wildman–Crippen LogP) is 2.35. The third-order valence-corrected chi connectivity index (χ3v) is 4.38. The molecule has 0 bridgehead atoms. The zero-order chi connectivity index (χ0) is 16.1. The van der Waals surface area contributed by atoms with Crippen LogP contribution in [-0.2, 0) is 9.59 Å². The highest BCUT2D eigenvalue weighted by Gasteiger charge is 2.30. The SMILES string of the molecule is Cc1ccc(NC(=O)C(=O)N2CCCCC2CCO)cc1Cl. The number of carbonyl (C=O) groups is 2. The van der Waals surface area contributed by atoms with Gasteiger partial charge in [0.15, 0.2) is 0 Å². The summed E-state index contributed by atoms with van der Waals surface area (Å²) in [6, 6.07) is 5.08. The third kappa shape index (κ3) is 3.99. The van der Waals surface area contributed by atoms with Crippen molar-refractivity contribution in [3.8, 4) is 0 Å². The molecule has 1 heterocycles. The van der Waals surface area contributed by atoms with Crippen molar-refractivity contribution < 1.29 is 14.7 Å². The van der Waals surface area contributed by atoms with E-state index in [0.29, 0.717) is 23.7 Å². The monoisotopic (exact) mass is 324 g/mol. The van der Waals surface area contributed by atoms with E-state index in [1.807, 2.05) is 6.92 Å². The normalized spacial score (nSPS) is 18.1. The Morgan fingerprint density at radius 3 is 2.86 bits per heavy atom. The van der Waals surface area contributed by atoms with Crippen LogP contribution in [0.15, 0.2) is 18.2 Å². The molecule has 1 unspecified atom stereocenters. The minimum absolute atomic E-state index is 0.0175. The Balaban J connectivity index is 2.04. The molecule has 1 atom stereocenters. The largest absolute Gasteiger partial charge is 0.396 e. The highest BCUT2D eigenvalue weighted by Crippen LogP contribution is 2.22. The number of aryl methyl sites for hydroxylation is 1. The summed E-state index contributed by atoms with van der Waals surface area (Å²) in [5, 5.41) is 12.2. The molecule has 1 aliphatic heterocycles. The smallest absolute Gasteiger partial charge is 0.313 e. The van der Waals surface area contributed by atoms with Crippen molar-refractivity contribution in [3.05, 3.63) is 28.8 Å². The van der Waals surface area contributed by atoms with Crippen molar-refractivity contribution in [1.82, 2.24) is 4.90 Å². The molecule has 6 heteroatoms. The number of hydrogen-bond acceptors (Lipinski definition) is 3. The van der Waals surface area contributed by atoms with E-state index < -0.39 is 11.8 Å². The van der Waals surface area contributed by atoms with Crippen LogP contribution in [0.1, 0.15) is 31.2 Å². The summed E-state index contributed by atoms with van der Waals surface area (Å²) in [6.45, 7) is 2.45. The average molecular weight is 325 g/mol. The van der Waals surface area contributed by atoms with Gasteiger partial charge in [0, 0.05) is 29.9 Å². The maximum absolute atomic E-state index is 12.3. The van der Waals surface area contributed by atoms with Crippen molar-refractivity contribution in [2.24, 2.45) is 0 Å². The van der Waals surface area contributed by atoms with Crippen molar-refractivity contribution >= 4 is 29.1 Å². The molecule has 1 aliphatic rings. The second kappa shape index (κ2) is 7.61. The minimum Gasteiger partial charge on any atom is -0.396 e. The second-order valence-corrected chi connectivity index (χ2v) is 5.99. The highest BCUT2D eigenvalue weighted by atomic mass is 35.5. The average Bonchev–Trinajstić information content (AvgIpc) is 2.51. The van der Waals surface area contributed by atoms with E-state index in [1.165, 1.54) is 0 Å². The summed E-state index contributed by atoms with van der Waals surface area (Å²) in [6.07, 6.45) is 3.24. The van der Waals surface area contributed by atoms with Crippen molar-refractivity contribution in [2.45, 2.75) is 38.6 Å². The molecule has 0 saturated carbocycles. The molecule has 22 heavy (non-hydrogen) atoms. The molecule has 1 aromatic rings. The minimum atomic E-state index is -0.662. The lowest BCUT2D eigenvalue weighted by Crippen LogP contribution is -2.48. The topological polar surface area (TPSA) is 69.6 Å².